The number of aromatic nitrogens is 2. The summed E-state index contributed by atoms with van der Waals surface area (Å²) in [6.45, 7) is 0. The van der Waals surface area contributed by atoms with Gasteiger partial charge < -0.3 is 4.74 Å². The highest BCUT2D eigenvalue weighted by Gasteiger charge is 2.16. The minimum Gasteiger partial charge on any atom is -0.494 e. The van der Waals surface area contributed by atoms with Gasteiger partial charge in [0.25, 0.3) is 0 Å². The number of methoxy groups -OCH3 is 1. The molecular formula is C15H12ClFN2O. The summed E-state index contributed by atoms with van der Waals surface area (Å²) in [5.74, 6) is 1.09. The number of alkyl halides is 1. The highest BCUT2D eigenvalue weighted by Crippen LogP contribution is 2.29. The Labute approximate surface area is 120 Å². The molecule has 3 nitrogen and oxygen atoms in total. The highest BCUT2D eigenvalue weighted by atomic mass is 35.5. The largest absolute Gasteiger partial charge is 0.494 e. The molecular weight excluding hydrogens is 279 g/mol. The molecule has 0 N–H and O–H groups in total. The number of nitrogens with zero attached hydrogens (tertiary/aromatic N) is 2. The second kappa shape index (κ2) is 5.13. The molecule has 102 valence electrons. The zero-order chi connectivity index (χ0) is 14.1. The Hall–Kier alpha value is -2.07. The molecule has 0 aliphatic carbocycles. The van der Waals surface area contributed by atoms with E-state index in [0.717, 1.165) is 5.52 Å². The fraction of sp³-hybridized carbons (Fsp3) is 0.133. The van der Waals surface area contributed by atoms with Gasteiger partial charge in [0, 0.05) is 0 Å². The first kappa shape index (κ1) is 12.9. The van der Waals surface area contributed by atoms with E-state index in [2.05, 4.69) is 4.98 Å². The minimum atomic E-state index is -0.319. The number of para-hydroxylation sites is 2. The summed E-state index contributed by atoms with van der Waals surface area (Å²) in [4.78, 5) is 4.46. The Morgan fingerprint density at radius 3 is 2.70 bits per heavy atom. The molecule has 0 spiro atoms. The lowest BCUT2D eigenvalue weighted by Gasteiger charge is -2.09. The molecule has 0 bridgehead atoms. The monoisotopic (exact) mass is 290 g/mol. The van der Waals surface area contributed by atoms with Crippen LogP contribution in [0.2, 0.25) is 0 Å². The Morgan fingerprint density at radius 1 is 1.20 bits per heavy atom. The second-order valence-corrected chi connectivity index (χ2v) is 4.54. The van der Waals surface area contributed by atoms with Crippen molar-refractivity contribution in [1.82, 2.24) is 9.55 Å². The Balaban J connectivity index is 2.37. The Bertz CT molecular complexity index is 770. The van der Waals surface area contributed by atoms with Gasteiger partial charge in [-0.25, -0.2) is 9.37 Å². The summed E-state index contributed by atoms with van der Waals surface area (Å²) >= 11 is 5.95. The molecule has 3 rings (SSSR count). The van der Waals surface area contributed by atoms with Gasteiger partial charge in [-0.15, -0.1) is 11.6 Å². The van der Waals surface area contributed by atoms with Gasteiger partial charge in [-0.05, 0) is 24.3 Å². The van der Waals surface area contributed by atoms with Crippen molar-refractivity contribution in [3.63, 3.8) is 0 Å². The number of imidazole rings is 1. The van der Waals surface area contributed by atoms with E-state index in [4.69, 9.17) is 16.3 Å². The van der Waals surface area contributed by atoms with Gasteiger partial charge in [0.2, 0.25) is 0 Å². The molecule has 0 aliphatic rings. The average Bonchev–Trinajstić information content (AvgIpc) is 2.86. The summed E-state index contributed by atoms with van der Waals surface area (Å²) in [6, 6.07) is 12.1. The maximum atomic E-state index is 14.1. The summed E-state index contributed by atoms with van der Waals surface area (Å²) < 4.78 is 21.1. The first-order chi connectivity index (χ1) is 9.76. The van der Waals surface area contributed by atoms with Crippen LogP contribution in [0.4, 0.5) is 4.39 Å². The minimum absolute atomic E-state index is 0.187. The standard InChI is InChI=1S/C15H12ClFN2O/c1-20-13-8-4-7-12-15(13)18-14(9-16)19(12)11-6-3-2-5-10(11)17/h2-8H,9H2,1H3. The van der Waals surface area contributed by atoms with Crippen LogP contribution in [0.5, 0.6) is 5.75 Å². The van der Waals surface area contributed by atoms with Crippen LogP contribution in [0.1, 0.15) is 5.82 Å². The lowest BCUT2D eigenvalue weighted by atomic mass is 10.2. The zero-order valence-electron chi connectivity index (χ0n) is 10.8. The normalized spacial score (nSPS) is 10.9. The van der Waals surface area contributed by atoms with Crippen molar-refractivity contribution in [3.8, 4) is 11.4 Å². The number of hydrogen-bond donors (Lipinski definition) is 0. The number of ether oxygens (including phenoxy) is 1. The van der Waals surface area contributed by atoms with E-state index in [1.54, 1.807) is 29.9 Å². The van der Waals surface area contributed by atoms with E-state index in [-0.39, 0.29) is 11.7 Å². The van der Waals surface area contributed by atoms with E-state index in [1.165, 1.54) is 6.07 Å². The van der Waals surface area contributed by atoms with Gasteiger partial charge in [0.05, 0.1) is 24.2 Å². The fourth-order valence-corrected chi connectivity index (χ4v) is 2.46. The summed E-state index contributed by atoms with van der Waals surface area (Å²) in [5, 5.41) is 0. The Morgan fingerprint density at radius 2 is 2.00 bits per heavy atom. The van der Waals surface area contributed by atoms with E-state index in [9.17, 15) is 4.39 Å². The van der Waals surface area contributed by atoms with Gasteiger partial charge in [0.15, 0.2) is 0 Å². The molecule has 1 heterocycles. The quantitative estimate of drug-likeness (QED) is 0.684. The van der Waals surface area contributed by atoms with Gasteiger partial charge in [-0.1, -0.05) is 18.2 Å². The predicted molar refractivity (Wildman–Crippen MR) is 77.1 cm³/mol. The molecule has 0 aliphatic heterocycles. The third kappa shape index (κ3) is 1.93. The molecule has 0 saturated heterocycles. The van der Waals surface area contributed by atoms with Crippen molar-refractivity contribution in [3.05, 3.63) is 54.1 Å². The predicted octanol–water partition coefficient (Wildman–Crippen LogP) is 3.91. The summed E-state index contributed by atoms with van der Waals surface area (Å²) in [6.07, 6.45) is 0. The van der Waals surface area contributed by atoms with Crippen molar-refractivity contribution in [2.75, 3.05) is 7.11 Å². The van der Waals surface area contributed by atoms with Crippen molar-refractivity contribution in [2.24, 2.45) is 0 Å². The molecule has 2 aromatic carbocycles. The van der Waals surface area contributed by atoms with Crippen molar-refractivity contribution < 1.29 is 9.13 Å². The molecule has 0 unspecified atom stereocenters. The highest BCUT2D eigenvalue weighted by molar-refractivity contribution is 6.17. The number of hydrogen-bond acceptors (Lipinski definition) is 2. The molecule has 0 fully saturated rings. The van der Waals surface area contributed by atoms with Crippen LogP contribution in [0, 0.1) is 5.82 Å². The third-order valence-electron chi connectivity index (χ3n) is 3.15. The van der Waals surface area contributed by atoms with Crippen molar-refractivity contribution in [1.29, 1.82) is 0 Å². The lowest BCUT2D eigenvalue weighted by molar-refractivity contribution is 0.419. The molecule has 0 saturated carbocycles. The van der Waals surface area contributed by atoms with Crippen LogP contribution < -0.4 is 4.74 Å². The van der Waals surface area contributed by atoms with Crippen LogP contribution in [0.25, 0.3) is 16.7 Å². The second-order valence-electron chi connectivity index (χ2n) is 4.28. The molecule has 0 radical (unpaired) electrons. The summed E-state index contributed by atoms with van der Waals surface area (Å²) in [5.41, 5.74) is 1.87. The number of halogens is 2. The number of fused-ring (bicyclic) bond motifs is 1. The number of benzene rings is 2. The van der Waals surface area contributed by atoms with E-state index in [1.807, 2.05) is 18.2 Å². The first-order valence-corrected chi connectivity index (χ1v) is 6.65. The van der Waals surface area contributed by atoms with Crippen molar-refractivity contribution >= 4 is 22.6 Å². The molecule has 5 heteroatoms. The molecule has 3 aromatic rings. The topological polar surface area (TPSA) is 27.1 Å². The Kier molecular flexibility index (Phi) is 3.32. The molecule has 1 aromatic heterocycles. The number of rotatable bonds is 3. The molecule has 20 heavy (non-hydrogen) atoms. The first-order valence-electron chi connectivity index (χ1n) is 6.11. The van der Waals surface area contributed by atoms with Crippen molar-refractivity contribution in [2.45, 2.75) is 5.88 Å². The average molecular weight is 291 g/mol. The van der Waals surface area contributed by atoms with E-state index >= 15 is 0 Å². The fourth-order valence-electron chi connectivity index (χ4n) is 2.28. The van der Waals surface area contributed by atoms with Crippen LogP contribution >= 0.6 is 11.6 Å². The van der Waals surface area contributed by atoms with Gasteiger partial charge in [-0.3, -0.25) is 4.57 Å². The zero-order valence-corrected chi connectivity index (χ0v) is 11.6. The van der Waals surface area contributed by atoms with Gasteiger partial charge in [-0.2, -0.15) is 0 Å². The maximum absolute atomic E-state index is 14.1. The van der Waals surface area contributed by atoms with E-state index in [0.29, 0.717) is 22.8 Å². The van der Waals surface area contributed by atoms with Crippen LogP contribution in [0.15, 0.2) is 42.5 Å². The van der Waals surface area contributed by atoms with Crippen LogP contribution in [0.3, 0.4) is 0 Å². The van der Waals surface area contributed by atoms with E-state index < -0.39 is 0 Å². The van der Waals surface area contributed by atoms with Crippen LogP contribution in [-0.4, -0.2) is 16.7 Å². The summed E-state index contributed by atoms with van der Waals surface area (Å²) in [7, 11) is 1.58. The van der Waals surface area contributed by atoms with Gasteiger partial charge in [0.1, 0.15) is 22.9 Å². The third-order valence-corrected chi connectivity index (χ3v) is 3.39. The SMILES string of the molecule is COc1cccc2c1nc(CCl)n2-c1ccccc1F. The smallest absolute Gasteiger partial charge is 0.147 e. The molecule has 0 amide bonds. The molecule has 0 atom stereocenters. The lowest BCUT2D eigenvalue weighted by Crippen LogP contribution is -2.01. The van der Waals surface area contributed by atoms with Gasteiger partial charge >= 0.3 is 0 Å². The maximum Gasteiger partial charge on any atom is 0.147 e. The van der Waals surface area contributed by atoms with Crippen LogP contribution in [-0.2, 0) is 5.88 Å².